The molecular formula is C33H36IN3O5S2. The van der Waals surface area contributed by atoms with Crippen LogP contribution in [0.2, 0.25) is 0 Å². The Hall–Kier alpha value is -3.16. The molecule has 3 aliphatic rings. The van der Waals surface area contributed by atoms with Crippen molar-refractivity contribution in [3.8, 4) is 0 Å². The van der Waals surface area contributed by atoms with Crippen molar-refractivity contribution in [2.45, 2.75) is 49.3 Å². The van der Waals surface area contributed by atoms with Crippen LogP contribution in [0, 0.1) is 0 Å². The standard InChI is InChI=1S/C33H35N3O5S2.HI/c1-33(2,3)41-32(39)34-26-29(37)36-27(24(21-43-30(26)36)18-20-42-25-17-11-12-19-35(25)4)31(38)40-28(22-13-7-5-8-14-22)23-15-9-6-10-16-23;/h5-20,25-26,28,30H,21H2,1-4H3,(H,34,39);1H/t25?,26?,30-;/m1./s1. The normalized spacial score (nSPS) is 21.1. The molecule has 3 aliphatic heterocycles. The van der Waals surface area contributed by atoms with E-state index >= 15 is 0 Å². The number of esters is 1. The van der Waals surface area contributed by atoms with Gasteiger partial charge in [0.2, 0.25) is 0 Å². The number of allylic oxidation sites excluding steroid dienone is 3. The average molecular weight is 746 g/mol. The maximum atomic E-state index is 14.1. The highest BCUT2D eigenvalue weighted by atomic mass is 127. The number of nitrogens with zero attached hydrogens (tertiary/aromatic N) is 2. The van der Waals surface area contributed by atoms with E-state index in [2.05, 4.69) is 16.3 Å². The SMILES string of the molecule is CN1C=CC=CC1SC=CC1=C(C(=O)OC(c2ccccc2)c2ccccc2)N2C(=O)C(NC(=O)OC(C)(C)C)[C@H]2SC1.I. The number of carbonyl (C=O) groups excluding carboxylic acids is 3. The molecule has 3 atom stereocenters. The van der Waals surface area contributed by atoms with E-state index in [1.165, 1.54) is 16.7 Å². The quantitative estimate of drug-likeness (QED) is 0.184. The van der Waals surface area contributed by atoms with E-state index in [-0.39, 0.29) is 41.0 Å². The third kappa shape index (κ3) is 7.91. The summed E-state index contributed by atoms with van der Waals surface area (Å²) in [6, 6.07) is 18.2. The molecule has 232 valence electrons. The number of ether oxygens (including phenoxy) is 2. The largest absolute Gasteiger partial charge is 0.448 e. The number of nitrogens with one attached hydrogen (secondary N) is 1. The Balaban J connectivity index is 0.00000442. The van der Waals surface area contributed by atoms with Crippen molar-refractivity contribution in [2.75, 3.05) is 12.8 Å². The first kappa shape index (κ1) is 33.7. The maximum absolute atomic E-state index is 14.1. The van der Waals surface area contributed by atoms with Crippen LogP contribution in [0.3, 0.4) is 0 Å². The summed E-state index contributed by atoms with van der Waals surface area (Å²) >= 11 is 3.08. The van der Waals surface area contributed by atoms with E-state index < -0.39 is 35.2 Å². The molecule has 0 radical (unpaired) electrons. The molecule has 44 heavy (non-hydrogen) atoms. The number of fused-ring (bicyclic) bond motifs is 1. The van der Waals surface area contributed by atoms with Crippen LogP contribution < -0.4 is 5.32 Å². The van der Waals surface area contributed by atoms with Gasteiger partial charge in [-0.25, -0.2) is 9.59 Å². The number of β-lactam (4-membered cyclic amide) rings is 1. The molecule has 0 spiro atoms. The Bertz CT molecular complexity index is 1430. The molecule has 0 aliphatic carbocycles. The predicted octanol–water partition coefficient (Wildman–Crippen LogP) is 6.59. The molecule has 1 N–H and O–H groups in total. The van der Waals surface area contributed by atoms with Gasteiger partial charge in [0.05, 0.1) is 5.37 Å². The number of amides is 2. The van der Waals surface area contributed by atoms with Crippen LogP contribution in [0.1, 0.15) is 38.0 Å². The molecule has 1 fully saturated rings. The monoisotopic (exact) mass is 745 g/mol. The Kier molecular flexibility index (Phi) is 11.3. The van der Waals surface area contributed by atoms with Crippen LogP contribution in [-0.4, -0.2) is 63.0 Å². The molecule has 2 aromatic carbocycles. The minimum Gasteiger partial charge on any atom is -0.448 e. The first-order valence-corrected chi connectivity index (χ1v) is 16.0. The summed E-state index contributed by atoms with van der Waals surface area (Å²) in [7, 11) is 2.00. The van der Waals surface area contributed by atoms with Gasteiger partial charge in [0, 0.05) is 19.0 Å². The van der Waals surface area contributed by atoms with Crippen LogP contribution in [0.25, 0.3) is 0 Å². The zero-order valence-corrected chi connectivity index (χ0v) is 28.9. The van der Waals surface area contributed by atoms with Crippen LogP contribution in [0.15, 0.2) is 108 Å². The van der Waals surface area contributed by atoms with Gasteiger partial charge in [-0.3, -0.25) is 9.69 Å². The second-order valence-electron chi connectivity index (χ2n) is 11.2. The lowest BCUT2D eigenvalue weighted by Gasteiger charge is -2.49. The lowest BCUT2D eigenvalue weighted by atomic mass is 10.0. The fourth-order valence-electron chi connectivity index (χ4n) is 4.85. The number of benzene rings is 2. The number of likely N-dealkylation sites (N-methyl/N-ethyl adjacent to an activating group) is 1. The van der Waals surface area contributed by atoms with Crippen molar-refractivity contribution in [2.24, 2.45) is 0 Å². The van der Waals surface area contributed by atoms with E-state index in [0.29, 0.717) is 11.3 Å². The Labute approximate surface area is 284 Å². The second-order valence-corrected chi connectivity index (χ2v) is 13.4. The summed E-state index contributed by atoms with van der Waals surface area (Å²) in [5.41, 5.74) is 1.80. The molecule has 0 bridgehead atoms. The fourth-order valence-corrected chi connectivity index (χ4v) is 7.02. The van der Waals surface area contributed by atoms with Gasteiger partial charge in [0.15, 0.2) is 6.10 Å². The molecule has 3 heterocycles. The fraction of sp³-hybridized carbons (Fsp3) is 0.303. The van der Waals surface area contributed by atoms with Gasteiger partial charge < -0.3 is 19.7 Å². The Morgan fingerprint density at radius 3 is 2.27 bits per heavy atom. The highest BCUT2D eigenvalue weighted by Crippen LogP contribution is 2.42. The van der Waals surface area contributed by atoms with E-state index in [1.807, 2.05) is 97.5 Å². The topological polar surface area (TPSA) is 88.2 Å². The smallest absolute Gasteiger partial charge is 0.408 e. The number of halogens is 1. The molecule has 11 heteroatoms. The zero-order valence-electron chi connectivity index (χ0n) is 24.9. The summed E-state index contributed by atoms with van der Waals surface area (Å²) in [5, 5.41) is 4.28. The van der Waals surface area contributed by atoms with Crippen LogP contribution in [0.5, 0.6) is 0 Å². The van der Waals surface area contributed by atoms with Crippen LogP contribution >= 0.6 is 47.5 Å². The number of alkyl carbamates (subject to hydrolysis) is 1. The molecule has 2 aromatic rings. The first-order valence-electron chi connectivity index (χ1n) is 14.0. The minimum atomic E-state index is -0.811. The number of rotatable bonds is 8. The third-order valence-electron chi connectivity index (χ3n) is 6.89. The molecule has 1 saturated heterocycles. The van der Waals surface area contributed by atoms with E-state index in [9.17, 15) is 14.4 Å². The molecule has 5 rings (SSSR count). The molecule has 2 amide bonds. The third-order valence-corrected chi connectivity index (χ3v) is 9.25. The van der Waals surface area contributed by atoms with Gasteiger partial charge in [-0.2, -0.15) is 0 Å². The average Bonchev–Trinajstić information content (AvgIpc) is 2.99. The van der Waals surface area contributed by atoms with Crippen molar-refractivity contribution in [3.05, 3.63) is 119 Å². The van der Waals surface area contributed by atoms with Gasteiger partial charge in [-0.15, -0.1) is 47.5 Å². The number of thioether (sulfide) groups is 2. The lowest BCUT2D eigenvalue weighted by Crippen LogP contribution is -2.70. The van der Waals surface area contributed by atoms with Gasteiger partial charge in [-0.05, 0) is 55.0 Å². The van der Waals surface area contributed by atoms with E-state index in [4.69, 9.17) is 9.47 Å². The summed E-state index contributed by atoms with van der Waals surface area (Å²) in [5.74, 6) is -0.529. The van der Waals surface area contributed by atoms with Gasteiger partial charge in [0.25, 0.3) is 5.91 Å². The molecular weight excluding hydrogens is 709 g/mol. The summed E-state index contributed by atoms with van der Waals surface area (Å²) < 4.78 is 11.6. The number of carbonyl (C=O) groups is 3. The molecule has 0 aromatic heterocycles. The van der Waals surface area contributed by atoms with Gasteiger partial charge in [-0.1, -0.05) is 72.8 Å². The predicted molar refractivity (Wildman–Crippen MR) is 186 cm³/mol. The summed E-state index contributed by atoms with van der Waals surface area (Å²) in [6.07, 6.45) is 8.59. The van der Waals surface area contributed by atoms with Crippen molar-refractivity contribution in [1.82, 2.24) is 15.1 Å². The Morgan fingerprint density at radius 1 is 1.05 bits per heavy atom. The Morgan fingerprint density at radius 2 is 1.68 bits per heavy atom. The van der Waals surface area contributed by atoms with Crippen molar-refractivity contribution in [3.63, 3.8) is 0 Å². The second kappa shape index (κ2) is 14.7. The minimum absolute atomic E-state index is 0. The highest BCUT2D eigenvalue weighted by Gasteiger charge is 2.54. The number of hydrogen-bond acceptors (Lipinski definition) is 8. The van der Waals surface area contributed by atoms with Crippen molar-refractivity contribution < 1.29 is 23.9 Å². The molecule has 8 nitrogen and oxygen atoms in total. The maximum Gasteiger partial charge on any atom is 0.408 e. The highest BCUT2D eigenvalue weighted by molar-refractivity contribution is 14.0. The van der Waals surface area contributed by atoms with Gasteiger partial charge in [0.1, 0.15) is 22.7 Å². The van der Waals surface area contributed by atoms with Crippen molar-refractivity contribution >= 4 is 65.5 Å². The summed E-state index contributed by atoms with van der Waals surface area (Å²) in [4.78, 5) is 43.6. The molecule has 2 unspecified atom stereocenters. The van der Waals surface area contributed by atoms with Gasteiger partial charge >= 0.3 is 12.1 Å². The molecule has 0 saturated carbocycles. The number of hydrogen-bond donors (Lipinski definition) is 1. The van der Waals surface area contributed by atoms with E-state index in [0.717, 1.165) is 11.1 Å². The lowest BCUT2D eigenvalue weighted by molar-refractivity contribution is -0.153. The van der Waals surface area contributed by atoms with E-state index in [1.54, 1.807) is 32.5 Å². The first-order chi connectivity index (χ1) is 20.6. The van der Waals surface area contributed by atoms with Crippen molar-refractivity contribution in [1.29, 1.82) is 0 Å². The zero-order chi connectivity index (χ0) is 30.6. The van der Waals surface area contributed by atoms with Crippen LogP contribution in [-0.2, 0) is 19.1 Å². The van der Waals surface area contributed by atoms with Crippen LogP contribution in [0.4, 0.5) is 4.79 Å². The summed E-state index contributed by atoms with van der Waals surface area (Å²) in [6.45, 7) is 5.28.